The van der Waals surface area contributed by atoms with Crippen LogP contribution in [0.1, 0.15) is 30.0 Å². The Bertz CT molecular complexity index is 459. The molecule has 1 aromatic rings. The summed E-state index contributed by atoms with van der Waals surface area (Å²) in [4.78, 5) is 11.3. The van der Waals surface area contributed by atoms with Crippen LogP contribution in [0, 0.1) is 0 Å². The fraction of sp³-hybridized carbons (Fsp3) is 0.417. The van der Waals surface area contributed by atoms with E-state index in [-0.39, 0.29) is 18.4 Å². The summed E-state index contributed by atoms with van der Waals surface area (Å²) in [5.41, 5.74) is 5.42. The Hall–Kier alpha value is -1.56. The van der Waals surface area contributed by atoms with Gasteiger partial charge in [-0.05, 0) is 24.1 Å². The van der Waals surface area contributed by atoms with Crippen LogP contribution in [0.4, 0.5) is 13.2 Å². The highest BCUT2D eigenvalue weighted by Crippen LogP contribution is 2.32. The van der Waals surface area contributed by atoms with Crippen LogP contribution in [0.5, 0.6) is 0 Å². The molecule has 3 nitrogen and oxygen atoms in total. The number of halogens is 3. The van der Waals surface area contributed by atoms with Gasteiger partial charge in [-0.2, -0.15) is 13.2 Å². The van der Waals surface area contributed by atoms with Crippen molar-refractivity contribution < 1.29 is 18.0 Å². The highest BCUT2D eigenvalue weighted by Gasteiger charge is 2.32. The second-order valence-electron chi connectivity index (χ2n) is 4.44. The average molecular weight is 258 g/mol. The second kappa shape index (κ2) is 4.61. The molecule has 98 valence electrons. The lowest BCUT2D eigenvalue weighted by Crippen LogP contribution is -2.42. The highest BCUT2D eigenvalue weighted by atomic mass is 19.4. The van der Waals surface area contributed by atoms with Crippen LogP contribution < -0.4 is 11.1 Å². The molecule has 3 N–H and O–H groups in total. The predicted octanol–water partition coefficient (Wildman–Crippen LogP) is 1.98. The van der Waals surface area contributed by atoms with Crippen LogP contribution >= 0.6 is 0 Å². The smallest absolute Gasteiger partial charge is 0.349 e. The predicted molar refractivity (Wildman–Crippen MR) is 59.5 cm³/mol. The Morgan fingerprint density at radius 2 is 2.06 bits per heavy atom. The van der Waals surface area contributed by atoms with Gasteiger partial charge in [0, 0.05) is 12.5 Å². The SMILES string of the molecule is NC1CC(=O)NC(c2cccc(C(F)(F)F)c2)C1. The molecular formula is C12H13F3N2O. The molecule has 1 heterocycles. The molecular weight excluding hydrogens is 245 g/mol. The van der Waals surface area contributed by atoms with Crippen molar-refractivity contribution in [2.45, 2.75) is 31.1 Å². The molecule has 0 aromatic heterocycles. The van der Waals surface area contributed by atoms with Crippen molar-refractivity contribution in [3.8, 4) is 0 Å². The van der Waals surface area contributed by atoms with E-state index in [1.165, 1.54) is 6.07 Å². The lowest BCUT2D eigenvalue weighted by molar-refractivity contribution is -0.137. The third-order valence-corrected chi connectivity index (χ3v) is 2.94. The van der Waals surface area contributed by atoms with Crippen LogP contribution in [-0.2, 0) is 11.0 Å². The van der Waals surface area contributed by atoms with E-state index in [2.05, 4.69) is 5.32 Å². The van der Waals surface area contributed by atoms with Gasteiger partial charge in [0.05, 0.1) is 11.6 Å². The van der Waals surface area contributed by atoms with Crippen LogP contribution in [0.2, 0.25) is 0 Å². The molecule has 0 aliphatic carbocycles. The molecule has 1 saturated heterocycles. The summed E-state index contributed by atoms with van der Waals surface area (Å²) in [6, 6.07) is 4.22. The van der Waals surface area contributed by atoms with Gasteiger partial charge in [-0.25, -0.2) is 0 Å². The zero-order chi connectivity index (χ0) is 13.3. The number of benzene rings is 1. The zero-order valence-electron chi connectivity index (χ0n) is 9.50. The minimum atomic E-state index is -4.38. The summed E-state index contributed by atoms with van der Waals surface area (Å²) < 4.78 is 37.7. The van der Waals surface area contributed by atoms with Gasteiger partial charge < -0.3 is 11.1 Å². The maximum Gasteiger partial charge on any atom is 0.416 e. The van der Waals surface area contributed by atoms with Crippen molar-refractivity contribution in [2.24, 2.45) is 5.73 Å². The van der Waals surface area contributed by atoms with Crippen LogP contribution in [0.25, 0.3) is 0 Å². The number of carbonyl (C=O) groups excluding carboxylic acids is 1. The van der Waals surface area contributed by atoms with Crippen LogP contribution in [0.15, 0.2) is 24.3 Å². The van der Waals surface area contributed by atoms with Crippen LogP contribution in [0.3, 0.4) is 0 Å². The molecule has 1 aliphatic rings. The van der Waals surface area contributed by atoms with Gasteiger partial charge in [0.25, 0.3) is 0 Å². The number of rotatable bonds is 1. The minimum absolute atomic E-state index is 0.218. The van der Waals surface area contributed by atoms with Crippen molar-refractivity contribution in [2.75, 3.05) is 0 Å². The van der Waals surface area contributed by atoms with E-state index < -0.39 is 17.8 Å². The molecule has 2 atom stereocenters. The standard InChI is InChI=1S/C12H13F3N2O/c13-12(14,15)8-3-1-2-7(4-8)10-5-9(16)6-11(18)17-10/h1-4,9-10H,5-6,16H2,(H,17,18). The first-order valence-electron chi connectivity index (χ1n) is 5.58. The van der Waals surface area contributed by atoms with E-state index in [4.69, 9.17) is 5.73 Å². The summed E-state index contributed by atoms with van der Waals surface area (Å²) >= 11 is 0. The largest absolute Gasteiger partial charge is 0.416 e. The van der Waals surface area contributed by atoms with Crippen LogP contribution in [-0.4, -0.2) is 11.9 Å². The van der Waals surface area contributed by atoms with E-state index in [1.54, 1.807) is 6.07 Å². The summed E-state index contributed by atoms with van der Waals surface area (Å²) in [7, 11) is 0. The summed E-state index contributed by atoms with van der Waals surface area (Å²) in [6.45, 7) is 0. The van der Waals surface area contributed by atoms with Gasteiger partial charge in [0.2, 0.25) is 5.91 Å². The van der Waals surface area contributed by atoms with E-state index >= 15 is 0 Å². The number of nitrogens with one attached hydrogen (secondary N) is 1. The van der Waals surface area contributed by atoms with Crippen molar-refractivity contribution in [3.05, 3.63) is 35.4 Å². The van der Waals surface area contributed by atoms with E-state index in [1.807, 2.05) is 0 Å². The van der Waals surface area contributed by atoms with Crippen molar-refractivity contribution >= 4 is 5.91 Å². The van der Waals surface area contributed by atoms with Crippen molar-refractivity contribution in [1.82, 2.24) is 5.32 Å². The number of amides is 1. The van der Waals surface area contributed by atoms with E-state index in [9.17, 15) is 18.0 Å². The molecule has 0 bridgehead atoms. The fourth-order valence-corrected chi connectivity index (χ4v) is 2.09. The molecule has 1 amide bonds. The third-order valence-electron chi connectivity index (χ3n) is 2.94. The first-order valence-corrected chi connectivity index (χ1v) is 5.58. The van der Waals surface area contributed by atoms with Gasteiger partial charge in [-0.1, -0.05) is 12.1 Å². The first-order chi connectivity index (χ1) is 8.36. The number of hydrogen-bond acceptors (Lipinski definition) is 2. The molecule has 1 aliphatic heterocycles. The van der Waals surface area contributed by atoms with E-state index in [0.717, 1.165) is 12.1 Å². The lowest BCUT2D eigenvalue weighted by atomic mass is 9.93. The second-order valence-corrected chi connectivity index (χ2v) is 4.44. The molecule has 0 saturated carbocycles. The lowest BCUT2D eigenvalue weighted by Gasteiger charge is -2.28. The van der Waals surface area contributed by atoms with E-state index in [0.29, 0.717) is 12.0 Å². The molecule has 0 radical (unpaired) electrons. The Balaban J connectivity index is 2.25. The molecule has 0 spiro atoms. The normalized spacial score (nSPS) is 24.8. The maximum atomic E-state index is 12.6. The van der Waals surface area contributed by atoms with Crippen molar-refractivity contribution in [3.63, 3.8) is 0 Å². The summed E-state index contributed by atoms with van der Waals surface area (Å²) in [5, 5.41) is 2.66. The topological polar surface area (TPSA) is 55.1 Å². The highest BCUT2D eigenvalue weighted by molar-refractivity contribution is 5.78. The number of alkyl halides is 3. The number of carbonyl (C=O) groups is 1. The molecule has 2 unspecified atom stereocenters. The maximum absolute atomic E-state index is 12.6. The Labute approximate surface area is 102 Å². The van der Waals surface area contributed by atoms with Gasteiger partial charge in [-0.15, -0.1) is 0 Å². The third kappa shape index (κ3) is 2.81. The summed E-state index contributed by atoms with van der Waals surface area (Å²) in [5.74, 6) is -0.226. The fourth-order valence-electron chi connectivity index (χ4n) is 2.09. The minimum Gasteiger partial charge on any atom is -0.349 e. The molecule has 1 fully saturated rings. The van der Waals surface area contributed by atoms with Gasteiger partial charge in [0.15, 0.2) is 0 Å². The number of piperidine rings is 1. The Morgan fingerprint density at radius 3 is 2.67 bits per heavy atom. The van der Waals surface area contributed by atoms with Gasteiger partial charge in [-0.3, -0.25) is 4.79 Å². The molecule has 18 heavy (non-hydrogen) atoms. The molecule has 2 rings (SSSR count). The quantitative estimate of drug-likeness (QED) is 0.809. The Morgan fingerprint density at radius 1 is 1.33 bits per heavy atom. The monoisotopic (exact) mass is 258 g/mol. The molecule has 1 aromatic carbocycles. The van der Waals surface area contributed by atoms with Crippen molar-refractivity contribution in [1.29, 1.82) is 0 Å². The zero-order valence-corrected chi connectivity index (χ0v) is 9.50. The van der Waals surface area contributed by atoms with Gasteiger partial charge >= 0.3 is 6.18 Å². The summed E-state index contributed by atoms with van der Waals surface area (Å²) in [6.07, 6.45) is -3.71. The Kier molecular flexibility index (Phi) is 3.30. The number of nitrogens with two attached hydrogens (primary N) is 1. The first kappa shape index (κ1) is 12.9. The molecule has 6 heteroatoms. The van der Waals surface area contributed by atoms with Gasteiger partial charge in [0.1, 0.15) is 0 Å². The number of hydrogen-bond donors (Lipinski definition) is 2. The average Bonchev–Trinajstić information content (AvgIpc) is 2.27.